The number of nitrogens with zero attached hydrogens (tertiary/aromatic N) is 1. The van der Waals surface area contributed by atoms with E-state index in [1.54, 1.807) is 0 Å². The summed E-state index contributed by atoms with van der Waals surface area (Å²) in [5, 5.41) is 22.1. The molecule has 0 aliphatic rings. The average Bonchev–Trinajstić information content (AvgIpc) is 2.38. The van der Waals surface area contributed by atoms with Gasteiger partial charge in [-0.3, -0.25) is 4.79 Å². The minimum atomic E-state index is -1.14. The first-order chi connectivity index (χ1) is 8.97. The SMILES string of the molecule is COc1cc(C#N)ccc1NC(=O)NC(C)C(=O)O. The van der Waals surface area contributed by atoms with Crippen molar-refractivity contribution in [3.05, 3.63) is 23.8 Å². The smallest absolute Gasteiger partial charge is 0.325 e. The fourth-order valence-corrected chi connectivity index (χ4v) is 1.28. The number of carbonyl (C=O) groups excluding carboxylic acids is 1. The largest absolute Gasteiger partial charge is 0.495 e. The molecule has 1 aromatic carbocycles. The third-order valence-electron chi connectivity index (χ3n) is 2.30. The van der Waals surface area contributed by atoms with E-state index in [2.05, 4.69) is 10.6 Å². The maximum atomic E-state index is 11.5. The van der Waals surface area contributed by atoms with Crippen molar-refractivity contribution in [2.24, 2.45) is 0 Å². The van der Waals surface area contributed by atoms with Crippen molar-refractivity contribution in [2.75, 3.05) is 12.4 Å². The summed E-state index contributed by atoms with van der Waals surface area (Å²) in [6, 6.07) is 4.75. The second-order valence-electron chi connectivity index (χ2n) is 3.69. The Morgan fingerprint density at radius 1 is 1.47 bits per heavy atom. The van der Waals surface area contributed by atoms with Crippen LogP contribution >= 0.6 is 0 Å². The third kappa shape index (κ3) is 3.89. The Kier molecular flexibility index (Phi) is 4.71. The van der Waals surface area contributed by atoms with Gasteiger partial charge >= 0.3 is 12.0 Å². The lowest BCUT2D eigenvalue weighted by atomic mass is 10.2. The molecule has 7 nitrogen and oxygen atoms in total. The van der Waals surface area contributed by atoms with E-state index < -0.39 is 18.0 Å². The number of nitrogens with one attached hydrogen (secondary N) is 2. The molecule has 1 unspecified atom stereocenters. The predicted octanol–water partition coefficient (Wildman–Crippen LogP) is 1.16. The van der Waals surface area contributed by atoms with E-state index in [4.69, 9.17) is 15.1 Å². The van der Waals surface area contributed by atoms with Crippen LogP contribution in [0.25, 0.3) is 0 Å². The molecular formula is C12H13N3O4. The van der Waals surface area contributed by atoms with Crippen LogP contribution in [-0.4, -0.2) is 30.3 Å². The number of carbonyl (C=O) groups is 2. The van der Waals surface area contributed by atoms with E-state index in [1.165, 1.54) is 32.2 Å². The molecule has 0 fully saturated rings. The number of benzene rings is 1. The van der Waals surface area contributed by atoms with Gasteiger partial charge in [0.25, 0.3) is 0 Å². The summed E-state index contributed by atoms with van der Waals surface area (Å²) in [7, 11) is 1.40. The number of amides is 2. The van der Waals surface area contributed by atoms with Crippen LogP contribution in [0.3, 0.4) is 0 Å². The van der Waals surface area contributed by atoms with Crippen LogP contribution in [-0.2, 0) is 4.79 Å². The van der Waals surface area contributed by atoms with Gasteiger partial charge in [-0.1, -0.05) is 0 Å². The molecule has 2 amide bonds. The summed E-state index contributed by atoms with van der Waals surface area (Å²) in [5.41, 5.74) is 0.735. The fourth-order valence-electron chi connectivity index (χ4n) is 1.28. The summed E-state index contributed by atoms with van der Waals surface area (Å²) in [6.45, 7) is 1.35. The molecule has 100 valence electrons. The van der Waals surface area contributed by atoms with Gasteiger partial charge < -0.3 is 20.5 Å². The molecule has 1 aromatic rings. The molecule has 0 heterocycles. The number of urea groups is 1. The molecule has 0 aliphatic heterocycles. The molecule has 0 radical (unpaired) electrons. The summed E-state index contributed by atoms with van der Waals surface area (Å²) in [6.07, 6.45) is 0. The lowest BCUT2D eigenvalue weighted by Gasteiger charge is -2.13. The summed E-state index contributed by atoms with van der Waals surface area (Å²) < 4.78 is 5.03. The zero-order chi connectivity index (χ0) is 14.4. The highest BCUT2D eigenvalue weighted by atomic mass is 16.5. The highest BCUT2D eigenvalue weighted by Gasteiger charge is 2.15. The quantitative estimate of drug-likeness (QED) is 0.754. The van der Waals surface area contributed by atoms with Crippen LogP contribution in [0.2, 0.25) is 0 Å². The number of carboxylic acid groups (broad SMARTS) is 1. The minimum Gasteiger partial charge on any atom is -0.495 e. The third-order valence-corrected chi connectivity index (χ3v) is 2.30. The first-order valence-corrected chi connectivity index (χ1v) is 5.36. The Labute approximate surface area is 109 Å². The van der Waals surface area contributed by atoms with E-state index in [0.29, 0.717) is 17.0 Å². The molecule has 1 atom stereocenters. The van der Waals surface area contributed by atoms with Gasteiger partial charge in [-0.05, 0) is 19.1 Å². The van der Waals surface area contributed by atoms with Crippen molar-refractivity contribution in [1.82, 2.24) is 5.32 Å². The topological polar surface area (TPSA) is 111 Å². The minimum absolute atomic E-state index is 0.317. The van der Waals surface area contributed by atoms with Crippen molar-refractivity contribution in [1.29, 1.82) is 5.26 Å². The number of nitriles is 1. The molecule has 0 aromatic heterocycles. The van der Waals surface area contributed by atoms with Crippen molar-refractivity contribution in [3.8, 4) is 11.8 Å². The van der Waals surface area contributed by atoms with E-state index >= 15 is 0 Å². The summed E-state index contributed by atoms with van der Waals surface area (Å²) in [5.74, 6) is -0.820. The van der Waals surface area contributed by atoms with E-state index in [-0.39, 0.29) is 0 Å². The first kappa shape index (κ1) is 14.3. The van der Waals surface area contributed by atoms with E-state index in [1.807, 2.05) is 6.07 Å². The molecule has 7 heteroatoms. The number of methoxy groups -OCH3 is 1. The van der Waals surface area contributed by atoms with Crippen LogP contribution in [0.4, 0.5) is 10.5 Å². The second kappa shape index (κ2) is 6.26. The van der Waals surface area contributed by atoms with Gasteiger partial charge in [-0.15, -0.1) is 0 Å². The first-order valence-electron chi connectivity index (χ1n) is 5.36. The Hall–Kier alpha value is -2.75. The normalized spacial score (nSPS) is 11.0. The summed E-state index contributed by atoms with van der Waals surface area (Å²) >= 11 is 0. The number of ether oxygens (including phenoxy) is 1. The van der Waals surface area contributed by atoms with Crippen molar-refractivity contribution in [2.45, 2.75) is 13.0 Å². The Morgan fingerprint density at radius 2 is 2.16 bits per heavy atom. The van der Waals surface area contributed by atoms with Crippen LogP contribution in [0, 0.1) is 11.3 Å². The van der Waals surface area contributed by atoms with Gasteiger partial charge in [0.1, 0.15) is 11.8 Å². The molecule has 0 bridgehead atoms. The molecule has 1 rings (SSSR count). The average molecular weight is 263 g/mol. The highest BCUT2D eigenvalue weighted by molar-refractivity contribution is 5.93. The number of hydrogen-bond acceptors (Lipinski definition) is 4. The maximum absolute atomic E-state index is 11.5. The summed E-state index contributed by atoms with van der Waals surface area (Å²) in [4.78, 5) is 22.1. The van der Waals surface area contributed by atoms with Crippen LogP contribution in [0.1, 0.15) is 12.5 Å². The van der Waals surface area contributed by atoms with Crippen LogP contribution < -0.4 is 15.4 Å². The lowest BCUT2D eigenvalue weighted by Crippen LogP contribution is -2.40. The fraction of sp³-hybridized carbons (Fsp3) is 0.250. The second-order valence-corrected chi connectivity index (χ2v) is 3.69. The molecular weight excluding hydrogens is 250 g/mol. The van der Waals surface area contributed by atoms with Gasteiger partial charge in [0.05, 0.1) is 24.4 Å². The monoisotopic (exact) mass is 263 g/mol. The number of anilines is 1. The Balaban J connectivity index is 2.80. The molecule has 19 heavy (non-hydrogen) atoms. The maximum Gasteiger partial charge on any atom is 0.325 e. The Morgan fingerprint density at radius 3 is 2.68 bits per heavy atom. The molecule has 0 spiro atoms. The number of carboxylic acids is 1. The van der Waals surface area contributed by atoms with Crippen LogP contribution in [0.15, 0.2) is 18.2 Å². The van der Waals surface area contributed by atoms with E-state index in [0.717, 1.165) is 0 Å². The van der Waals surface area contributed by atoms with Crippen molar-refractivity contribution in [3.63, 3.8) is 0 Å². The lowest BCUT2D eigenvalue weighted by molar-refractivity contribution is -0.138. The molecule has 0 saturated carbocycles. The zero-order valence-electron chi connectivity index (χ0n) is 10.4. The number of rotatable bonds is 4. The van der Waals surface area contributed by atoms with Crippen molar-refractivity contribution < 1.29 is 19.4 Å². The Bertz CT molecular complexity index is 536. The zero-order valence-corrected chi connectivity index (χ0v) is 10.4. The van der Waals surface area contributed by atoms with Gasteiger partial charge in [0, 0.05) is 6.07 Å². The molecule has 3 N–H and O–H groups in total. The van der Waals surface area contributed by atoms with Crippen molar-refractivity contribution >= 4 is 17.7 Å². The van der Waals surface area contributed by atoms with Crippen LogP contribution in [0.5, 0.6) is 5.75 Å². The van der Waals surface area contributed by atoms with E-state index in [9.17, 15) is 9.59 Å². The highest BCUT2D eigenvalue weighted by Crippen LogP contribution is 2.25. The standard InChI is InChI=1S/C12H13N3O4/c1-7(11(16)17)14-12(18)15-9-4-3-8(6-13)5-10(9)19-2/h3-5,7H,1-2H3,(H,16,17)(H2,14,15,18). The molecule has 0 aliphatic carbocycles. The van der Waals surface area contributed by atoms with Gasteiger partial charge in [-0.25, -0.2) is 4.79 Å². The van der Waals surface area contributed by atoms with Gasteiger partial charge in [0.15, 0.2) is 0 Å². The molecule has 0 saturated heterocycles. The number of hydrogen-bond donors (Lipinski definition) is 3. The van der Waals surface area contributed by atoms with Gasteiger partial charge in [-0.2, -0.15) is 5.26 Å². The number of aliphatic carboxylic acids is 1. The predicted molar refractivity (Wildman–Crippen MR) is 67.0 cm³/mol. The van der Waals surface area contributed by atoms with Gasteiger partial charge in [0.2, 0.25) is 0 Å².